The Kier molecular flexibility index (Phi) is 3.31. The number of aromatic nitrogens is 2. The summed E-state index contributed by atoms with van der Waals surface area (Å²) in [5, 5.41) is 17.0. The van der Waals surface area contributed by atoms with Crippen LogP contribution in [0.5, 0.6) is 0 Å². The quantitative estimate of drug-likeness (QED) is 0.898. The van der Waals surface area contributed by atoms with Crippen LogP contribution in [0.4, 0.5) is 4.39 Å². The van der Waals surface area contributed by atoms with Crippen LogP contribution in [0, 0.1) is 0 Å². The number of hydrogen-bond donors (Lipinski definition) is 1. The summed E-state index contributed by atoms with van der Waals surface area (Å²) in [5.41, 5.74) is 0. The summed E-state index contributed by atoms with van der Waals surface area (Å²) >= 11 is 0. The molecule has 2 aromatic rings. The van der Waals surface area contributed by atoms with E-state index >= 15 is 0 Å². The number of aliphatic hydroxyl groups excluding tert-OH is 1. The van der Waals surface area contributed by atoms with Crippen molar-refractivity contribution in [2.24, 2.45) is 0 Å². The SMILES string of the molecule is OC[C@@H]1C[C@H](F)CN1Cc1nnc(-c2ccco2)o1. The molecule has 1 saturated heterocycles. The molecule has 0 saturated carbocycles. The molecule has 1 N–H and O–H groups in total. The maximum absolute atomic E-state index is 13.3. The van der Waals surface area contributed by atoms with Crippen molar-refractivity contribution in [2.45, 2.75) is 25.2 Å². The van der Waals surface area contributed by atoms with Crippen molar-refractivity contribution in [3.63, 3.8) is 0 Å². The molecule has 1 aliphatic rings. The molecule has 0 aromatic carbocycles. The van der Waals surface area contributed by atoms with E-state index in [1.165, 1.54) is 6.26 Å². The largest absolute Gasteiger partial charge is 0.459 e. The van der Waals surface area contributed by atoms with Crippen LogP contribution in [0.15, 0.2) is 27.2 Å². The van der Waals surface area contributed by atoms with Gasteiger partial charge in [-0.2, -0.15) is 0 Å². The van der Waals surface area contributed by atoms with Crippen LogP contribution in [-0.4, -0.2) is 45.6 Å². The molecule has 0 spiro atoms. The maximum atomic E-state index is 13.3. The van der Waals surface area contributed by atoms with Crippen molar-refractivity contribution >= 4 is 0 Å². The minimum absolute atomic E-state index is 0.0698. The lowest BCUT2D eigenvalue weighted by Gasteiger charge is -2.19. The fraction of sp³-hybridized carbons (Fsp3) is 0.500. The number of furan rings is 1. The molecule has 0 unspecified atom stereocenters. The van der Waals surface area contributed by atoms with Gasteiger partial charge in [-0.1, -0.05) is 0 Å². The highest BCUT2D eigenvalue weighted by Crippen LogP contribution is 2.23. The Morgan fingerprint density at radius 1 is 1.47 bits per heavy atom. The monoisotopic (exact) mass is 267 g/mol. The molecule has 7 heteroatoms. The normalized spacial score (nSPS) is 24.1. The van der Waals surface area contributed by atoms with Gasteiger partial charge in [0.1, 0.15) is 6.17 Å². The van der Waals surface area contributed by atoms with Gasteiger partial charge in [0.25, 0.3) is 5.89 Å². The van der Waals surface area contributed by atoms with Crippen LogP contribution in [0.25, 0.3) is 11.7 Å². The predicted molar refractivity (Wildman–Crippen MR) is 62.8 cm³/mol. The number of hydrogen-bond acceptors (Lipinski definition) is 6. The van der Waals surface area contributed by atoms with Gasteiger partial charge in [-0.3, -0.25) is 4.90 Å². The van der Waals surface area contributed by atoms with E-state index in [2.05, 4.69) is 10.2 Å². The van der Waals surface area contributed by atoms with Gasteiger partial charge in [-0.15, -0.1) is 10.2 Å². The van der Waals surface area contributed by atoms with Gasteiger partial charge >= 0.3 is 0 Å². The Balaban J connectivity index is 1.70. The summed E-state index contributed by atoms with van der Waals surface area (Å²) in [6, 6.07) is 3.27. The van der Waals surface area contributed by atoms with Gasteiger partial charge in [-0.05, 0) is 18.6 Å². The van der Waals surface area contributed by atoms with Crippen LogP contribution < -0.4 is 0 Å². The molecule has 0 radical (unpaired) electrons. The predicted octanol–water partition coefficient (Wildman–Crippen LogP) is 1.23. The third-order valence-corrected chi connectivity index (χ3v) is 3.22. The van der Waals surface area contributed by atoms with Crippen LogP contribution in [-0.2, 0) is 6.54 Å². The van der Waals surface area contributed by atoms with Gasteiger partial charge in [0.05, 0.1) is 19.4 Å². The van der Waals surface area contributed by atoms with E-state index in [0.717, 1.165) is 0 Å². The molecule has 3 rings (SSSR count). The summed E-state index contributed by atoms with van der Waals surface area (Å²) in [6.07, 6.45) is 0.954. The average molecular weight is 267 g/mol. The second-order valence-electron chi connectivity index (χ2n) is 4.58. The second-order valence-corrected chi connectivity index (χ2v) is 4.58. The molecule has 6 nitrogen and oxygen atoms in total. The highest BCUT2D eigenvalue weighted by Gasteiger charge is 2.32. The van der Waals surface area contributed by atoms with Gasteiger partial charge in [0, 0.05) is 12.6 Å². The van der Waals surface area contributed by atoms with Crippen molar-refractivity contribution in [1.29, 1.82) is 0 Å². The third kappa shape index (κ3) is 2.52. The Labute approximate surface area is 108 Å². The molecule has 3 heterocycles. The number of alkyl halides is 1. The highest BCUT2D eigenvalue weighted by atomic mass is 19.1. The molecule has 0 amide bonds. The zero-order valence-corrected chi connectivity index (χ0v) is 10.2. The standard InChI is InChI=1S/C12H14FN3O3/c13-8-4-9(7-17)16(5-8)6-11-14-15-12(19-11)10-2-1-3-18-10/h1-3,8-9,17H,4-7H2/t8-,9-/m0/s1. The van der Waals surface area contributed by atoms with Crippen molar-refractivity contribution < 1.29 is 18.3 Å². The summed E-state index contributed by atoms with van der Waals surface area (Å²) in [4.78, 5) is 1.81. The maximum Gasteiger partial charge on any atom is 0.283 e. The Morgan fingerprint density at radius 3 is 3.11 bits per heavy atom. The third-order valence-electron chi connectivity index (χ3n) is 3.22. The molecule has 2 atom stereocenters. The number of aliphatic hydroxyl groups is 1. The van der Waals surface area contributed by atoms with Gasteiger partial charge in [0.15, 0.2) is 5.76 Å². The Bertz CT molecular complexity index is 528. The minimum atomic E-state index is -0.912. The second kappa shape index (κ2) is 5.10. The first-order valence-corrected chi connectivity index (χ1v) is 6.11. The number of halogens is 1. The van der Waals surface area contributed by atoms with E-state index < -0.39 is 6.17 Å². The Morgan fingerprint density at radius 2 is 2.37 bits per heavy atom. The van der Waals surface area contributed by atoms with Crippen molar-refractivity contribution in [3.8, 4) is 11.7 Å². The van der Waals surface area contributed by atoms with E-state index in [4.69, 9.17) is 8.83 Å². The van der Waals surface area contributed by atoms with Crippen LogP contribution in [0.3, 0.4) is 0 Å². The summed E-state index contributed by atoms with van der Waals surface area (Å²) in [5.74, 6) is 1.19. The zero-order valence-electron chi connectivity index (χ0n) is 10.2. The molecular weight excluding hydrogens is 253 g/mol. The lowest BCUT2D eigenvalue weighted by molar-refractivity contribution is 0.144. The summed E-state index contributed by atoms with van der Waals surface area (Å²) in [6.45, 7) is 0.544. The molecule has 1 aliphatic heterocycles. The topological polar surface area (TPSA) is 75.5 Å². The first-order valence-electron chi connectivity index (χ1n) is 6.11. The van der Waals surface area contributed by atoms with Crippen molar-refractivity contribution in [1.82, 2.24) is 15.1 Å². The smallest absolute Gasteiger partial charge is 0.283 e. The lowest BCUT2D eigenvalue weighted by atomic mass is 10.2. The van der Waals surface area contributed by atoms with E-state index in [1.54, 1.807) is 12.1 Å². The molecule has 1 fully saturated rings. The molecular formula is C12H14FN3O3. The fourth-order valence-corrected chi connectivity index (χ4v) is 2.30. The number of rotatable bonds is 4. The number of nitrogens with zero attached hydrogens (tertiary/aromatic N) is 3. The molecule has 0 bridgehead atoms. The zero-order chi connectivity index (χ0) is 13.2. The minimum Gasteiger partial charge on any atom is -0.459 e. The van der Waals surface area contributed by atoms with Gasteiger partial charge in [-0.25, -0.2) is 4.39 Å². The lowest BCUT2D eigenvalue weighted by Crippen LogP contribution is -2.31. The van der Waals surface area contributed by atoms with Crippen molar-refractivity contribution in [3.05, 3.63) is 24.3 Å². The van der Waals surface area contributed by atoms with E-state index in [-0.39, 0.29) is 19.2 Å². The molecule has 0 aliphatic carbocycles. The van der Waals surface area contributed by atoms with Crippen molar-refractivity contribution in [2.75, 3.05) is 13.2 Å². The molecule has 102 valence electrons. The van der Waals surface area contributed by atoms with E-state index in [9.17, 15) is 9.50 Å². The summed E-state index contributed by atoms with van der Waals surface area (Å²) < 4.78 is 23.9. The first-order chi connectivity index (χ1) is 9.26. The van der Waals surface area contributed by atoms with Crippen LogP contribution in [0.2, 0.25) is 0 Å². The summed E-state index contributed by atoms with van der Waals surface area (Å²) in [7, 11) is 0. The van der Waals surface area contributed by atoms with E-state index in [0.29, 0.717) is 30.5 Å². The molecule has 2 aromatic heterocycles. The highest BCUT2D eigenvalue weighted by molar-refractivity contribution is 5.42. The van der Waals surface area contributed by atoms with E-state index in [1.807, 2.05) is 4.90 Å². The van der Waals surface area contributed by atoms with Gasteiger partial charge in [0.2, 0.25) is 5.89 Å². The first kappa shape index (κ1) is 12.3. The van der Waals surface area contributed by atoms with Crippen LogP contribution >= 0.6 is 0 Å². The average Bonchev–Trinajstić information content (AvgIpc) is 3.09. The Hall–Kier alpha value is -1.73. The fourth-order valence-electron chi connectivity index (χ4n) is 2.30. The van der Waals surface area contributed by atoms with Crippen LogP contribution in [0.1, 0.15) is 12.3 Å². The molecule has 19 heavy (non-hydrogen) atoms. The number of likely N-dealkylation sites (tertiary alicyclic amines) is 1. The van der Waals surface area contributed by atoms with Gasteiger partial charge < -0.3 is 13.9 Å².